The van der Waals surface area contributed by atoms with Crippen molar-refractivity contribution in [3.05, 3.63) is 65.9 Å². The van der Waals surface area contributed by atoms with Gasteiger partial charge in [-0.2, -0.15) is 0 Å². The number of hydrogen-bond acceptors (Lipinski definition) is 2. The number of nitrogens with zero attached hydrogens (tertiary/aromatic N) is 1. The second-order valence-corrected chi connectivity index (χ2v) is 6.07. The van der Waals surface area contributed by atoms with Gasteiger partial charge < -0.3 is 15.0 Å². The maximum Gasteiger partial charge on any atom is 0.122 e. The fourth-order valence-electron chi connectivity index (χ4n) is 3.42. The van der Waals surface area contributed by atoms with Crippen molar-refractivity contribution in [2.75, 3.05) is 13.2 Å². The van der Waals surface area contributed by atoms with Gasteiger partial charge in [0.1, 0.15) is 5.75 Å². The smallest absolute Gasteiger partial charge is 0.122 e. The van der Waals surface area contributed by atoms with Crippen LogP contribution >= 0.6 is 0 Å². The highest BCUT2D eigenvalue weighted by atomic mass is 16.5. The van der Waals surface area contributed by atoms with Crippen molar-refractivity contribution < 1.29 is 4.74 Å². The van der Waals surface area contributed by atoms with Crippen LogP contribution in [-0.2, 0) is 13.0 Å². The van der Waals surface area contributed by atoms with Gasteiger partial charge in [0.15, 0.2) is 0 Å². The minimum Gasteiger partial charge on any atom is -0.494 e. The standard InChI is InChI=1S/C21H26N2O/c1-3-23-15-19(18-10-6-7-11-20(18)23)17(14-22)13-16-9-5-8-12-21(16)24-4-2/h5-12,15,17H,3-4,13-14,22H2,1-2H3. The van der Waals surface area contributed by atoms with E-state index in [4.69, 9.17) is 10.5 Å². The van der Waals surface area contributed by atoms with Crippen molar-refractivity contribution in [2.24, 2.45) is 5.73 Å². The zero-order valence-corrected chi connectivity index (χ0v) is 14.5. The van der Waals surface area contributed by atoms with E-state index in [0.717, 1.165) is 18.7 Å². The van der Waals surface area contributed by atoms with Crippen LogP contribution in [0.2, 0.25) is 0 Å². The highest BCUT2D eigenvalue weighted by Gasteiger charge is 2.18. The number of aryl methyl sites for hydroxylation is 1. The fourth-order valence-corrected chi connectivity index (χ4v) is 3.42. The van der Waals surface area contributed by atoms with Gasteiger partial charge in [0.25, 0.3) is 0 Å². The number of benzene rings is 2. The van der Waals surface area contributed by atoms with Crippen molar-refractivity contribution in [3.8, 4) is 5.75 Å². The fraction of sp³-hybridized carbons (Fsp3) is 0.333. The molecule has 24 heavy (non-hydrogen) atoms. The predicted octanol–water partition coefficient (Wildman–Crippen LogP) is 4.34. The van der Waals surface area contributed by atoms with E-state index in [1.807, 2.05) is 19.1 Å². The van der Waals surface area contributed by atoms with Crippen LogP contribution < -0.4 is 10.5 Å². The first-order chi connectivity index (χ1) is 11.8. The lowest BCUT2D eigenvalue weighted by atomic mass is 9.91. The van der Waals surface area contributed by atoms with Gasteiger partial charge >= 0.3 is 0 Å². The second-order valence-electron chi connectivity index (χ2n) is 6.07. The first-order valence-electron chi connectivity index (χ1n) is 8.77. The number of para-hydroxylation sites is 2. The summed E-state index contributed by atoms with van der Waals surface area (Å²) in [5.74, 6) is 1.25. The summed E-state index contributed by atoms with van der Waals surface area (Å²) in [4.78, 5) is 0. The summed E-state index contributed by atoms with van der Waals surface area (Å²) in [6.07, 6.45) is 3.16. The van der Waals surface area contributed by atoms with Gasteiger partial charge in [-0.25, -0.2) is 0 Å². The molecule has 2 aromatic carbocycles. The molecule has 0 fully saturated rings. The number of nitrogens with two attached hydrogens (primary N) is 1. The molecule has 1 heterocycles. The molecule has 3 heteroatoms. The summed E-state index contributed by atoms with van der Waals surface area (Å²) >= 11 is 0. The van der Waals surface area contributed by atoms with Gasteiger partial charge in [0.05, 0.1) is 6.61 Å². The van der Waals surface area contributed by atoms with E-state index in [1.165, 1.54) is 22.0 Å². The van der Waals surface area contributed by atoms with Gasteiger partial charge in [-0.3, -0.25) is 0 Å². The maximum absolute atomic E-state index is 6.17. The van der Waals surface area contributed by atoms with Gasteiger partial charge in [0, 0.05) is 29.6 Å². The Balaban J connectivity index is 1.98. The van der Waals surface area contributed by atoms with Crippen LogP contribution in [0.15, 0.2) is 54.7 Å². The summed E-state index contributed by atoms with van der Waals surface area (Å²) in [5, 5.41) is 1.31. The highest BCUT2D eigenvalue weighted by Crippen LogP contribution is 2.32. The number of ether oxygens (including phenoxy) is 1. The van der Waals surface area contributed by atoms with E-state index in [0.29, 0.717) is 13.2 Å². The van der Waals surface area contributed by atoms with E-state index >= 15 is 0 Å². The molecule has 0 radical (unpaired) electrons. The average Bonchev–Trinajstić information content (AvgIpc) is 3.00. The molecule has 0 saturated carbocycles. The number of fused-ring (bicyclic) bond motifs is 1. The summed E-state index contributed by atoms with van der Waals surface area (Å²) in [6.45, 7) is 6.47. The molecule has 1 atom stereocenters. The predicted molar refractivity (Wildman–Crippen MR) is 101 cm³/mol. The van der Waals surface area contributed by atoms with Gasteiger partial charge in [0.2, 0.25) is 0 Å². The number of hydrogen-bond donors (Lipinski definition) is 1. The SMILES string of the molecule is CCOc1ccccc1CC(CN)c1cn(CC)c2ccccc12. The normalized spacial score (nSPS) is 12.5. The van der Waals surface area contributed by atoms with E-state index in [2.05, 4.69) is 54.1 Å². The minimum atomic E-state index is 0.282. The zero-order chi connectivity index (χ0) is 16.9. The van der Waals surface area contributed by atoms with Crippen molar-refractivity contribution in [1.29, 1.82) is 0 Å². The topological polar surface area (TPSA) is 40.2 Å². The van der Waals surface area contributed by atoms with E-state index in [1.54, 1.807) is 0 Å². The molecule has 126 valence electrons. The lowest BCUT2D eigenvalue weighted by Gasteiger charge is -2.17. The van der Waals surface area contributed by atoms with Crippen molar-refractivity contribution >= 4 is 10.9 Å². The van der Waals surface area contributed by atoms with E-state index < -0.39 is 0 Å². The molecule has 3 rings (SSSR count). The summed E-state index contributed by atoms with van der Waals surface area (Å²) in [7, 11) is 0. The summed E-state index contributed by atoms with van der Waals surface area (Å²) < 4.78 is 8.09. The molecular weight excluding hydrogens is 296 g/mol. The van der Waals surface area contributed by atoms with Gasteiger partial charge in [-0.15, -0.1) is 0 Å². The molecule has 1 aromatic heterocycles. The van der Waals surface area contributed by atoms with Crippen molar-refractivity contribution in [1.82, 2.24) is 4.57 Å². The quantitative estimate of drug-likeness (QED) is 0.702. The monoisotopic (exact) mass is 322 g/mol. The van der Waals surface area contributed by atoms with Crippen LogP contribution in [0.3, 0.4) is 0 Å². The Morgan fingerprint density at radius 2 is 1.79 bits per heavy atom. The Hall–Kier alpha value is -2.26. The average molecular weight is 322 g/mol. The summed E-state index contributed by atoms with van der Waals surface area (Å²) in [5.41, 5.74) is 10.0. The first kappa shape index (κ1) is 16.6. The molecule has 0 bridgehead atoms. The third kappa shape index (κ3) is 3.17. The molecule has 1 unspecified atom stereocenters. The van der Waals surface area contributed by atoms with Gasteiger partial charge in [-0.1, -0.05) is 36.4 Å². The number of rotatable bonds is 7. The molecule has 0 amide bonds. The van der Waals surface area contributed by atoms with Crippen LogP contribution in [0, 0.1) is 0 Å². The molecule has 0 spiro atoms. The number of aromatic nitrogens is 1. The van der Waals surface area contributed by atoms with Crippen molar-refractivity contribution in [2.45, 2.75) is 32.7 Å². The third-order valence-corrected chi connectivity index (χ3v) is 4.62. The molecular formula is C21H26N2O. The van der Waals surface area contributed by atoms with Crippen LogP contribution in [0.1, 0.15) is 30.9 Å². The Morgan fingerprint density at radius 3 is 2.54 bits per heavy atom. The highest BCUT2D eigenvalue weighted by molar-refractivity contribution is 5.84. The second kappa shape index (κ2) is 7.54. The molecule has 0 aliphatic heterocycles. The molecule has 2 N–H and O–H groups in total. The molecule has 3 aromatic rings. The lowest BCUT2D eigenvalue weighted by Crippen LogP contribution is -2.15. The zero-order valence-electron chi connectivity index (χ0n) is 14.5. The Morgan fingerprint density at radius 1 is 1.04 bits per heavy atom. The van der Waals surface area contributed by atoms with Crippen molar-refractivity contribution in [3.63, 3.8) is 0 Å². The molecule has 0 aliphatic rings. The first-order valence-corrected chi connectivity index (χ1v) is 8.77. The molecule has 3 nitrogen and oxygen atoms in total. The summed E-state index contributed by atoms with van der Waals surface area (Å²) in [6, 6.07) is 16.9. The molecule has 0 aliphatic carbocycles. The van der Waals surface area contributed by atoms with Crippen LogP contribution in [-0.4, -0.2) is 17.7 Å². The Labute approximate surface area is 144 Å². The van der Waals surface area contributed by atoms with Crippen LogP contribution in [0.5, 0.6) is 5.75 Å². The Kier molecular flexibility index (Phi) is 5.21. The van der Waals surface area contributed by atoms with Gasteiger partial charge in [-0.05, 0) is 50.1 Å². The third-order valence-electron chi connectivity index (χ3n) is 4.62. The van der Waals surface area contributed by atoms with E-state index in [9.17, 15) is 0 Å². The van der Waals surface area contributed by atoms with Crippen LogP contribution in [0.25, 0.3) is 10.9 Å². The molecule has 0 saturated heterocycles. The Bertz CT molecular complexity index is 806. The maximum atomic E-state index is 6.17. The minimum absolute atomic E-state index is 0.282. The largest absolute Gasteiger partial charge is 0.494 e. The van der Waals surface area contributed by atoms with Crippen LogP contribution in [0.4, 0.5) is 0 Å². The lowest BCUT2D eigenvalue weighted by molar-refractivity contribution is 0.335. The van der Waals surface area contributed by atoms with E-state index in [-0.39, 0.29) is 5.92 Å².